The molecule has 5 heteroatoms. The summed E-state index contributed by atoms with van der Waals surface area (Å²) < 4.78 is 23.4. The molecule has 4 nitrogen and oxygen atoms in total. The number of hydrogen-bond donors (Lipinski definition) is 1. The highest BCUT2D eigenvalue weighted by Gasteiger charge is 2.29. The summed E-state index contributed by atoms with van der Waals surface area (Å²) in [4.78, 5) is 0. The topological polar surface area (TPSA) is 70.0 Å². The van der Waals surface area contributed by atoms with Gasteiger partial charge in [-0.05, 0) is 24.6 Å². The number of nitriles is 1. The standard InChI is InChI=1S/C12H14N2O2S/c1-9-7-17(15,16)8-12(14-9)11-4-2-3-10(5-11)6-13/h2-5,9,12,14H,7-8H2,1H3. The third kappa shape index (κ3) is 2.84. The molecule has 0 spiro atoms. The average molecular weight is 250 g/mol. The van der Waals surface area contributed by atoms with Gasteiger partial charge in [0.05, 0.1) is 23.1 Å². The highest BCUT2D eigenvalue weighted by molar-refractivity contribution is 7.91. The van der Waals surface area contributed by atoms with Crippen molar-refractivity contribution in [2.75, 3.05) is 11.5 Å². The normalized spacial score (nSPS) is 27.3. The van der Waals surface area contributed by atoms with E-state index in [1.165, 1.54) is 0 Å². The maximum Gasteiger partial charge on any atom is 0.153 e. The van der Waals surface area contributed by atoms with Crippen molar-refractivity contribution >= 4 is 9.84 Å². The maximum atomic E-state index is 11.7. The Morgan fingerprint density at radius 3 is 2.82 bits per heavy atom. The van der Waals surface area contributed by atoms with E-state index in [0.717, 1.165) is 5.56 Å². The summed E-state index contributed by atoms with van der Waals surface area (Å²) in [6.45, 7) is 1.86. The van der Waals surface area contributed by atoms with Gasteiger partial charge in [-0.25, -0.2) is 8.42 Å². The third-order valence-electron chi connectivity index (χ3n) is 2.83. The minimum absolute atomic E-state index is 0.0514. The SMILES string of the molecule is CC1CS(=O)(=O)CC(c2cccc(C#N)c2)N1. The molecular weight excluding hydrogens is 236 g/mol. The van der Waals surface area contributed by atoms with Crippen LogP contribution in [-0.2, 0) is 9.84 Å². The number of hydrogen-bond acceptors (Lipinski definition) is 4. The van der Waals surface area contributed by atoms with E-state index in [0.29, 0.717) is 5.56 Å². The molecule has 0 saturated carbocycles. The molecule has 0 aliphatic carbocycles. The Kier molecular flexibility index (Phi) is 3.18. The second-order valence-electron chi connectivity index (χ2n) is 4.43. The molecular formula is C12H14N2O2S. The van der Waals surface area contributed by atoms with E-state index in [1.54, 1.807) is 18.2 Å². The molecule has 1 heterocycles. The van der Waals surface area contributed by atoms with Gasteiger partial charge in [0.2, 0.25) is 0 Å². The number of sulfone groups is 1. The quantitative estimate of drug-likeness (QED) is 0.807. The smallest absolute Gasteiger partial charge is 0.153 e. The van der Waals surface area contributed by atoms with Crippen LogP contribution < -0.4 is 5.32 Å². The first-order valence-corrected chi connectivity index (χ1v) is 7.29. The van der Waals surface area contributed by atoms with Gasteiger partial charge >= 0.3 is 0 Å². The fourth-order valence-corrected chi connectivity index (χ4v) is 3.95. The van der Waals surface area contributed by atoms with Crippen molar-refractivity contribution in [1.29, 1.82) is 5.26 Å². The Morgan fingerprint density at radius 2 is 2.18 bits per heavy atom. The monoisotopic (exact) mass is 250 g/mol. The molecule has 1 fully saturated rings. The first-order chi connectivity index (χ1) is 8.00. The number of nitrogens with one attached hydrogen (secondary N) is 1. The Hall–Kier alpha value is -1.38. The van der Waals surface area contributed by atoms with E-state index in [-0.39, 0.29) is 23.6 Å². The average Bonchev–Trinajstić information content (AvgIpc) is 2.26. The highest BCUT2D eigenvalue weighted by Crippen LogP contribution is 2.21. The summed E-state index contributed by atoms with van der Waals surface area (Å²) >= 11 is 0. The van der Waals surface area contributed by atoms with Crippen molar-refractivity contribution in [3.05, 3.63) is 35.4 Å². The second-order valence-corrected chi connectivity index (χ2v) is 6.59. The molecule has 2 rings (SSSR count). The van der Waals surface area contributed by atoms with Gasteiger partial charge in [0, 0.05) is 12.1 Å². The van der Waals surface area contributed by atoms with Crippen molar-refractivity contribution in [3.63, 3.8) is 0 Å². The van der Waals surface area contributed by atoms with Crippen LogP contribution in [0.4, 0.5) is 0 Å². The van der Waals surface area contributed by atoms with Gasteiger partial charge in [-0.2, -0.15) is 5.26 Å². The predicted octanol–water partition coefficient (Wildman–Crippen LogP) is 1.01. The molecule has 0 amide bonds. The van der Waals surface area contributed by atoms with Crippen LogP contribution in [0.15, 0.2) is 24.3 Å². The Bertz CT molecular complexity index is 560. The van der Waals surface area contributed by atoms with Crippen LogP contribution in [0.3, 0.4) is 0 Å². The first-order valence-electron chi connectivity index (χ1n) is 5.47. The molecule has 0 radical (unpaired) electrons. The maximum absolute atomic E-state index is 11.7. The largest absolute Gasteiger partial charge is 0.306 e. The molecule has 0 bridgehead atoms. The van der Waals surface area contributed by atoms with E-state index in [4.69, 9.17) is 5.26 Å². The summed E-state index contributed by atoms with van der Waals surface area (Å²) in [5.74, 6) is 0.285. The summed E-state index contributed by atoms with van der Waals surface area (Å²) in [6.07, 6.45) is 0. The molecule has 17 heavy (non-hydrogen) atoms. The summed E-state index contributed by atoms with van der Waals surface area (Å²) in [7, 11) is -2.99. The zero-order valence-corrected chi connectivity index (χ0v) is 10.4. The van der Waals surface area contributed by atoms with E-state index in [2.05, 4.69) is 11.4 Å². The lowest BCUT2D eigenvalue weighted by Gasteiger charge is -2.29. The van der Waals surface area contributed by atoms with Crippen molar-refractivity contribution in [2.45, 2.75) is 19.0 Å². The van der Waals surface area contributed by atoms with Crippen LogP contribution in [-0.4, -0.2) is 26.0 Å². The zero-order valence-electron chi connectivity index (χ0n) is 9.55. The fraction of sp³-hybridized carbons (Fsp3) is 0.417. The van der Waals surface area contributed by atoms with Crippen LogP contribution in [0.5, 0.6) is 0 Å². The van der Waals surface area contributed by atoms with Crippen molar-refractivity contribution in [3.8, 4) is 6.07 Å². The van der Waals surface area contributed by atoms with E-state index in [9.17, 15) is 8.42 Å². The number of nitrogens with zero attached hydrogens (tertiary/aromatic N) is 1. The molecule has 0 aromatic heterocycles. The van der Waals surface area contributed by atoms with Crippen LogP contribution in [0.25, 0.3) is 0 Å². The highest BCUT2D eigenvalue weighted by atomic mass is 32.2. The Morgan fingerprint density at radius 1 is 1.41 bits per heavy atom. The molecule has 2 unspecified atom stereocenters. The molecule has 1 aliphatic heterocycles. The summed E-state index contributed by atoms with van der Waals surface area (Å²) in [5.41, 5.74) is 1.42. The van der Waals surface area contributed by atoms with Crippen LogP contribution >= 0.6 is 0 Å². The summed E-state index contributed by atoms with van der Waals surface area (Å²) in [5, 5.41) is 12.1. The Balaban J connectivity index is 2.30. The molecule has 90 valence electrons. The van der Waals surface area contributed by atoms with Crippen LogP contribution in [0, 0.1) is 11.3 Å². The molecule has 1 aromatic rings. The lowest BCUT2D eigenvalue weighted by atomic mass is 10.0. The molecule has 1 aliphatic rings. The van der Waals surface area contributed by atoms with E-state index in [1.807, 2.05) is 13.0 Å². The predicted molar refractivity (Wildman–Crippen MR) is 65.1 cm³/mol. The number of rotatable bonds is 1. The second kappa shape index (κ2) is 4.47. The van der Waals surface area contributed by atoms with E-state index >= 15 is 0 Å². The van der Waals surface area contributed by atoms with Crippen molar-refractivity contribution in [2.24, 2.45) is 0 Å². The van der Waals surface area contributed by atoms with Gasteiger partial charge in [0.25, 0.3) is 0 Å². The Labute approximate surface area is 101 Å². The number of benzene rings is 1. The minimum Gasteiger partial charge on any atom is -0.306 e. The first kappa shape index (κ1) is 12.1. The van der Waals surface area contributed by atoms with Gasteiger partial charge in [0.1, 0.15) is 0 Å². The van der Waals surface area contributed by atoms with Crippen molar-refractivity contribution in [1.82, 2.24) is 5.32 Å². The molecule has 1 saturated heterocycles. The minimum atomic E-state index is -2.99. The van der Waals surface area contributed by atoms with Crippen LogP contribution in [0.1, 0.15) is 24.1 Å². The third-order valence-corrected chi connectivity index (χ3v) is 4.68. The molecule has 1 aromatic carbocycles. The van der Waals surface area contributed by atoms with Crippen LogP contribution in [0.2, 0.25) is 0 Å². The van der Waals surface area contributed by atoms with Crippen molar-refractivity contribution < 1.29 is 8.42 Å². The lowest BCUT2D eigenvalue weighted by molar-refractivity contribution is 0.468. The fourth-order valence-electron chi connectivity index (χ4n) is 2.16. The lowest BCUT2D eigenvalue weighted by Crippen LogP contribution is -2.45. The van der Waals surface area contributed by atoms with Gasteiger partial charge in [-0.1, -0.05) is 12.1 Å². The van der Waals surface area contributed by atoms with Gasteiger partial charge in [0.15, 0.2) is 9.84 Å². The van der Waals surface area contributed by atoms with Gasteiger partial charge in [-0.3, -0.25) is 0 Å². The van der Waals surface area contributed by atoms with Gasteiger partial charge in [-0.15, -0.1) is 0 Å². The molecule has 1 N–H and O–H groups in total. The summed E-state index contributed by atoms with van der Waals surface area (Å²) in [6, 6.07) is 8.89. The van der Waals surface area contributed by atoms with E-state index < -0.39 is 9.84 Å². The van der Waals surface area contributed by atoms with Gasteiger partial charge < -0.3 is 5.32 Å². The zero-order chi connectivity index (χ0) is 12.5. The molecule has 2 atom stereocenters.